The largest absolute Gasteiger partial charge is 0.465 e. The first-order valence-corrected chi connectivity index (χ1v) is 2.87. The number of hydrogen-bond donors (Lipinski definition) is 0. The number of rotatable bonds is 4. The molecular formula is C8H10O3. The van der Waals surface area contributed by atoms with Gasteiger partial charge >= 0.3 is 5.97 Å². The zero-order valence-electron chi connectivity index (χ0n) is 6.42. The van der Waals surface area contributed by atoms with Gasteiger partial charge in [-0.25, -0.2) is 4.79 Å². The number of carbonyl (C=O) groups is 1. The molecule has 0 aliphatic heterocycles. The first kappa shape index (κ1) is 9.49. The lowest BCUT2D eigenvalue weighted by Gasteiger charge is -2.04. The van der Waals surface area contributed by atoms with Crippen LogP contribution in [-0.4, -0.2) is 13.1 Å². The van der Waals surface area contributed by atoms with Crippen LogP contribution in [-0.2, 0) is 14.3 Å². The second-order valence-electron chi connectivity index (χ2n) is 1.68. The van der Waals surface area contributed by atoms with Crippen molar-refractivity contribution in [2.24, 2.45) is 0 Å². The lowest BCUT2D eigenvalue weighted by atomic mass is 10.3. The van der Waals surface area contributed by atoms with Crippen LogP contribution < -0.4 is 0 Å². The molecule has 0 N–H and O–H groups in total. The van der Waals surface area contributed by atoms with Crippen LogP contribution in [0.4, 0.5) is 0 Å². The van der Waals surface area contributed by atoms with Gasteiger partial charge in [-0.3, -0.25) is 0 Å². The molecule has 0 aromatic carbocycles. The van der Waals surface area contributed by atoms with Crippen LogP contribution in [0.15, 0.2) is 37.3 Å². The molecule has 0 fully saturated rings. The van der Waals surface area contributed by atoms with E-state index in [4.69, 9.17) is 4.74 Å². The first-order valence-electron chi connectivity index (χ1n) is 2.87. The molecule has 0 saturated carbocycles. The Hall–Kier alpha value is -1.51. The van der Waals surface area contributed by atoms with E-state index in [9.17, 15) is 4.79 Å². The van der Waals surface area contributed by atoms with Gasteiger partial charge in [-0.05, 0) is 0 Å². The highest BCUT2D eigenvalue weighted by atomic mass is 16.5. The lowest BCUT2D eigenvalue weighted by molar-refractivity contribution is -0.136. The zero-order chi connectivity index (χ0) is 8.85. The minimum absolute atomic E-state index is 0.0902. The summed E-state index contributed by atoms with van der Waals surface area (Å²) in [7, 11) is 1.26. The van der Waals surface area contributed by atoms with Crippen LogP contribution in [0.25, 0.3) is 0 Å². The average Bonchev–Trinajstić information content (AvgIpc) is 2.02. The van der Waals surface area contributed by atoms with Gasteiger partial charge in [0.1, 0.15) is 5.76 Å². The Morgan fingerprint density at radius 1 is 1.45 bits per heavy atom. The molecule has 60 valence electrons. The number of methoxy groups -OCH3 is 1. The Balaban J connectivity index is 4.13. The van der Waals surface area contributed by atoms with Crippen molar-refractivity contribution in [3.05, 3.63) is 37.3 Å². The molecule has 0 aliphatic rings. The second kappa shape index (κ2) is 4.33. The number of ether oxygens (including phenoxy) is 2. The van der Waals surface area contributed by atoms with Crippen molar-refractivity contribution in [1.29, 1.82) is 0 Å². The van der Waals surface area contributed by atoms with E-state index in [-0.39, 0.29) is 11.3 Å². The van der Waals surface area contributed by atoms with E-state index in [0.29, 0.717) is 0 Å². The summed E-state index contributed by atoms with van der Waals surface area (Å²) in [5.41, 5.74) is 0.0902. The number of hydrogen-bond acceptors (Lipinski definition) is 3. The molecule has 0 spiro atoms. The molecule has 3 nitrogen and oxygen atoms in total. The quantitative estimate of drug-likeness (QED) is 0.265. The minimum atomic E-state index is -0.558. The zero-order valence-corrected chi connectivity index (χ0v) is 6.42. The van der Waals surface area contributed by atoms with Gasteiger partial charge in [-0.1, -0.05) is 19.7 Å². The SMILES string of the molecule is C=COC(=C)C(=C)C(=O)OC. The molecular weight excluding hydrogens is 144 g/mol. The molecule has 0 atom stereocenters. The van der Waals surface area contributed by atoms with E-state index in [1.54, 1.807) is 0 Å². The summed E-state index contributed by atoms with van der Waals surface area (Å²) in [6, 6.07) is 0. The van der Waals surface area contributed by atoms with Gasteiger partial charge in [0.05, 0.1) is 18.9 Å². The van der Waals surface area contributed by atoms with E-state index in [2.05, 4.69) is 24.5 Å². The predicted molar refractivity (Wildman–Crippen MR) is 41.6 cm³/mol. The smallest absolute Gasteiger partial charge is 0.341 e. The molecule has 0 amide bonds. The third-order valence-electron chi connectivity index (χ3n) is 0.994. The van der Waals surface area contributed by atoms with E-state index in [0.717, 1.165) is 6.26 Å². The molecule has 0 bridgehead atoms. The molecule has 0 aromatic rings. The lowest BCUT2D eigenvalue weighted by Crippen LogP contribution is -2.05. The fourth-order valence-corrected chi connectivity index (χ4v) is 0.409. The van der Waals surface area contributed by atoms with Crippen molar-refractivity contribution < 1.29 is 14.3 Å². The normalized spacial score (nSPS) is 8.09. The summed E-state index contributed by atoms with van der Waals surface area (Å²) in [6.45, 7) is 10.1. The Kier molecular flexibility index (Phi) is 3.73. The molecule has 0 rings (SSSR count). The van der Waals surface area contributed by atoms with Crippen molar-refractivity contribution >= 4 is 5.97 Å². The van der Waals surface area contributed by atoms with Crippen molar-refractivity contribution in [1.82, 2.24) is 0 Å². The summed E-state index contributed by atoms with van der Waals surface area (Å²) in [5.74, 6) is -0.413. The van der Waals surface area contributed by atoms with Gasteiger partial charge in [0, 0.05) is 0 Å². The number of carbonyl (C=O) groups excluding carboxylic acids is 1. The fraction of sp³-hybridized carbons (Fsp3) is 0.125. The van der Waals surface area contributed by atoms with Crippen LogP contribution in [0, 0.1) is 0 Å². The average molecular weight is 154 g/mol. The molecule has 0 radical (unpaired) electrons. The third kappa shape index (κ3) is 2.71. The second-order valence-corrected chi connectivity index (χ2v) is 1.68. The topological polar surface area (TPSA) is 35.5 Å². The molecule has 0 unspecified atom stereocenters. The van der Waals surface area contributed by atoms with E-state index < -0.39 is 5.97 Å². The van der Waals surface area contributed by atoms with Gasteiger partial charge in [0.2, 0.25) is 0 Å². The van der Waals surface area contributed by atoms with Crippen LogP contribution >= 0.6 is 0 Å². The Bertz CT molecular complexity index is 203. The maximum absolute atomic E-state index is 10.7. The number of esters is 1. The highest BCUT2D eigenvalue weighted by molar-refractivity contribution is 5.91. The van der Waals surface area contributed by atoms with Crippen LogP contribution in [0.5, 0.6) is 0 Å². The molecule has 0 aliphatic carbocycles. The van der Waals surface area contributed by atoms with Crippen molar-refractivity contribution in [2.75, 3.05) is 7.11 Å². The van der Waals surface area contributed by atoms with Gasteiger partial charge in [-0.2, -0.15) is 0 Å². The standard InChI is InChI=1S/C8H10O3/c1-5-11-7(3)6(2)8(9)10-4/h5H,1-3H2,4H3. The van der Waals surface area contributed by atoms with Crippen molar-refractivity contribution in [3.63, 3.8) is 0 Å². The molecule has 0 aromatic heterocycles. The highest BCUT2D eigenvalue weighted by Gasteiger charge is 2.10. The van der Waals surface area contributed by atoms with Gasteiger partial charge in [0.15, 0.2) is 0 Å². The van der Waals surface area contributed by atoms with Crippen LogP contribution in [0.2, 0.25) is 0 Å². The van der Waals surface area contributed by atoms with Crippen LogP contribution in [0.3, 0.4) is 0 Å². The molecule has 11 heavy (non-hydrogen) atoms. The van der Waals surface area contributed by atoms with Crippen molar-refractivity contribution in [2.45, 2.75) is 0 Å². The summed E-state index contributed by atoms with van der Waals surface area (Å²) in [6.07, 6.45) is 1.16. The monoisotopic (exact) mass is 154 g/mol. The highest BCUT2D eigenvalue weighted by Crippen LogP contribution is 2.07. The summed E-state index contributed by atoms with van der Waals surface area (Å²) in [4.78, 5) is 10.7. The summed E-state index contributed by atoms with van der Waals surface area (Å²) in [5, 5.41) is 0. The molecule has 0 saturated heterocycles. The molecule has 0 heterocycles. The summed E-state index contributed by atoms with van der Waals surface area (Å²) >= 11 is 0. The van der Waals surface area contributed by atoms with Gasteiger partial charge < -0.3 is 9.47 Å². The third-order valence-corrected chi connectivity index (χ3v) is 0.994. The van der Waals surface area contributed by atoms with Crippen molar-refractivity contribution in [3.8, 4) is 0 Å². The Labute approximate surface area is 65.6 Å². The molecule has 3 heteroatoms. The van der Waals surface area contributed by atoms with Gasteiger partial charge in [0.25, 0.3) is 0 Å². The predicted octanol–water partition coefficient (Wildman–Crippen LogP) is 1.39. The summed E-state index contributed by atoms with van der Waals surface area (Å²) < 4.78 is 9.06. The Morgan fingerprint density at radius 2 is 2.00 bits per heavy atom. The van der Waals surface area contributed by atoms with Crippen LogP contribution in [0.1, 0.15) is 0 Å². The minimum Gasteiger partial charge on any atom is -0.465 e. The Morgan fingerprint density at radius 3 is 2.36 bits per heavy atom. The maximum atomic E-state index is 10.7. The van der Waals surface area contributed by atoms with E-state index in [1.807, 2.05) is 0 Å². The fourth-order valence-electron chi connectivity index (χ4n) is 0.409. The maximum Gasteiger partial charge on any atom is 0.341 e. The van der Waals surface area contributed by atoms with E-state index in [1.165, 1.54) is 7.11 Å². The first-order chi connectivity index (χ1) is 5.13. The van der Waals surface area contributed by atoms with E-state index >= 15 is 0 Å². The van der Waals surface area contributed by atoms with Gasteiger partial charge in [-0.15, -0.1) is 0 Å².